The van der Waals surface area contributed by atoms with Crippen LogP contribution in [-0.4, -0.2) is 46.4 Å². The van der Waals surface area contributed by atoms with E-state index in [-0.39, 0.29) is 0 Å². The van der Waals surface area contributed by atoms with Gasteiger partial charge in [0.25, 0.3) is 0 Å². The van der Waals surface area contributed by atoms with Crippen LogP contribution in [0.3, 0.4) is 0 Å². The molecule has 11 heavy (non-hydrogen) atoms. The minimum atomic E-state index is -3.40. The molecule has 0 aromatic heterocycles. The average Bonchev–Trinajstić information content (AvgIpc) is 1.59. The maximum absolute atomic E-state index is 9.81. The molecular weight excluding hydrogens is 165 g/mol. The fourth-order valence-corrected chi connectivity index (χ4v) is 0. The van der Waals surface area contributed by atoms with Crippen LogP contribution >= 0.6 is 7.60 Å². The Kier molecular flexibility index (Phi) is 6.07. The summed E-state index contributed by atoms with van der Waals surface area (Å²) in [6.45, 7) is 1.02. The molecule has 0 radical (unpaired) electrons. The van der Waals surface area contributed by atoms with Crippen molar-refractivity contribution in [1.29, 1.82) is 0 Å². The summed E-state index contributed by atoms with van der Waals surface area (Å²) < 4.78 is 14.7. The molecule has 70 valence electrons. The van der Waals surface area contributed by atoms with Gasteiger partial charge in [-0.15, -0.1) is 0 Å². The maximum Gasteiger partial charge on any atom is 0.131 e. The van der Waals surface area contributed by atoms with Crippen LogP contribution in [0.5, 0.6) is 0 Å². The average molecular weight is 183 g/mol. The van der Waals surface area contributed by atoms with Gasteiger partial charge in [-0.3, -0.25) is 0 Å². The molecule has 0 aromatic rings. The summed E-state index contributed by atoms with van der Waals surface area (Å²) in [6.07, 6.45) is 0. The third-order valence-corrected chi connectivity index (χ3v) is 0.995. The molecule has 1 unspecified atom stereocenters. The third-order valence-electron chi connectivity index (χ3n) is 0.332. The van der Waals surface area contributed by atoms with Gasteiger partial charge in [-0.05, 0) is 0 Å². The van der Waals surface area contributed by atoms with Crippen LogP contribution in [-0.2, 0) is 9.09 Å². The van der Waals surface area contributed by atoms with Crippen LogP contribution in [0.1, 0.15) is 0 Å². The van der Waals surface area contributed by atoms with E-state index >= 15 is 0 Å². The van der Waals surface area contributed by atoms with Crippen molar-refractivity contribution >= 4 is 7.60 Å². The Labute approximate surface area is 68.9 Å². The number of hydrogen-bond acceptors (Lipinski definition) is 3. The Balaban J connectivity index is 0. The summed E-state index contributed by atoms with van der Waals surface area (Å²) in [4.78, 5) is 9.81. The minimum Gasteiger partial charge on any atom is -0.779 e. The van der Waals surface area contributed by atoms with Gasteiger partial charge in [0.15, 0.2) is 0 Å². The second kappa shape index (κ2) is 4.88. The zero-order valence-corrected chi connectivity index (χ0v) is 9.01. The van der Waals surface area contributed by atoms with Gasteiger partial charge in [0.05, 0.1) is 28.2 Å². The van der Waals surface area contributed by atoms with Crippen molar-refractivity contribution in [2.75, 3.05) is 42.0 Å². The highest BCUT2D eigenvalue weighted by atomic mass is 31.2. The van der Waals surface area contributed by atoms with Crippen LogP contribution in [0.4, 0.5) is 0 Å². The first-order valence-electron chi connectivity index (χ1n) is 3.19. The SMILES string of the molecule is COP(C)(=O)[O-].C[N+](C)(C)C. The fraction of sp³-hybridized carbons (Fsp3) is 1.00. The van der Waals surface area contributed by atoms with Crippen molar-refractivity contribution in [2.45, 2.75) is 0 Å². The van der Waals surface area contributed by atoms with Gasteiger partial charge in [0.2, 0.25) is 0 Å². The second-order valence-corrected chi connectivity index (χ2v) is 5.54. The largest absolute Gasteiger partial charge is 0.779 e. The first-order valence-corrected chi connectivity index (χ1v) is 5.18. The molecule has 5 heteroatoms. The Hall–Kier alpha value is 0.110. The van der Waals surface area contributed by atoms with Gasteiger partial charge in [-0.25, -0.2) is 0 Å². The minimum absolute atomic E-state index is 1.00. The molecule has 0 saturated heterocycles. The van der Waals surface area contributed by atoms with E-state index in [2.05, 4.69) is 32.7 Å². The lowest BCUT2D eigenvalue weighted by Gasteiger charge is -2.14. The highest BCUT2D eigenvalue weighted by molar-refractivity contribution is 7.50. The molecule has 0 aliphatic rings. The van der Waals surface area contributed by atoms with Crippen LogP contribution in [0.2, 0.25) is 0 Å². The molecule has 0 N–H and O–H groups in total. The van der Waals surface area contributed by atoms with E-state index < -0.39 is 7.60 Å². The normalized spacial score (nSPS) is 16.3. The molecule has 0 heterocycles. The molecule has 0 rings (SSSR count). The maximum atomic E-state index is 9.81. The topological polar surface area (TPSA) is 49.4 Å². The van der Waals surface area contributed by atoms with Crippen molar-refractivity contribution < 1.29 is 18.5 Å². The van der Waals surface area contributed by atoms with Crippen molar-refractivity contribution in [2.24, 2.45) is 0 Å². The number of rotatable bonds is 1. The molecule has 0 aliphatic heterocycles. The molecule has 4 nitrogen and oxygen atoms in total. The Morgan fingerprint density at radius 2 is 1.36 bits per heavy atom. The summed E-state index contributed by atoms with van der Waals surface area (Å²) in [7, 11) is 6.24. The van der Waals surface area contributed by atoms with Crippen molar-refractivity contribution in [1.82, 2.24) is 0 Å². The third kappa shape index (κ3) is 68.7. The highest BCUT2D eigenvalue weighted by Crippen LogP contribution is 2.28. The molecule has 1 atom stereocenters. The number of hydrogen-bond donors (Lipinski definition) is 0. The molecular formula is C6H18NO3P. The van der Waals surface area contributed by atoms with Gasteiger partial charge in [-0.1, -0.05) is 0 Å². The molecule has 0 bridgehead atoms. The van der Waals surface area contributed by atoms with Gasteiger partial charge < -0.3 is 18.5 Å². The van der Waals surface area contributed by atoms with E-state index in [0.29, 0.717) is 0 Å². The standard InChI is InChI=1S/C4H12N.C2H7O3P/c1-5(2,3)4;1-5-6(2,3)4/h1-4H3;1-2H3,(H,3,4)/q+1;/p-1. The van der Waals surface area contributed by atoms with Gasteiger partial charge in [0, 0.05) is 13.8 Å². The summed E-state index contributed by atoms with van der Waals surface area (Å²) in [6, 6.07) is 0. The molecule has 0 spiro atoms. The summed E-state index contributed by atoms with van der Waals surface area (Å²) in [5.74, 6) is 0. The van der Waals surface area contributed by atoms with E-state index in [1.807, 2.05) is 0 Å². The van der Waals surface area contributed by atoms with Gasteiger partial charge in [-0.2, -0.15) is 0 Å². The Morgan fingerprint density at radius 3 is 1.36 bits per heavy atom. The predicted molar refractivity (Wildman–Crippen MR) is 44.5 cm³/mol. The van der Waals surface area contributed by atoms with Crippen molar-refractivity contribution in [3.05, 3.63) is 0 Å². The van der Waals surface area contributed by atoms with Crippen molar-refractivity contribution in [3.63, 3.8) is 0 Å². The van der Waals surface area contributed by atoms with E-state index in [1.165, 1.54) is 0 Å². The van der Waals surface area contributed by atoms with Gasteiger partial charge >= 0.3 is 0 Å². The molecule has 0 aromatic carbocycles. The summed E-state index contributed by atoms with van der Waals surface area (Å²) in [5, 5.41) is 0. The zero-order valence-electron chi connectivity index (χ0n) is 8.12. The summed E-state index contributed by atoms with van der Waals surface area (Å²) >= 11 is 0. The van der Waals surface area contributed by atoms with Crippen molar-refractivity contribution in [3.8, 4) is 0 Å². The first kappa shape index (κ1) is 13.7. The summed E-state index contributed by atoms with van der Waals surface area (Å²) in [5.41, 5.74) is 0. The predicted octanol–water partition coefficient (Wildman–Crippen LogP) is 0.138. The first-order chi connectivity index (χ1) is 4.56. The van der Waals surface area contributed by atoms with E-state index in [9.17, 15) is 9.46 Å². The quantitative estimate of drug-likeness (QED) is 0.429. The molecule has 0 fully saturated rings. The fourth-order valence-electron chi connectivity index (χ4n) is 0. The molecule has 0 amide bonds. The Morgan fingerprint density at radius 1 is 1.27 bits per heavy atom. The number of quaternary nitrogens is 1. The van der Waals surface area contributed by atoms with Gasteiger partial charge in [0.1, 0.15) is 7.60 Å². The monoisotopic (exact) mass is 183 g/mol. The lowest BCUT2D eigenvalue weighted by atomic mass is 10.8. The van der Waals surface area contributed by atoms with E-state index in [1.54, 1.807) is 0 Å². The lowest BCUT2D eigenvalue weighted by Crippen LogP contribution is -2.27. The number of nitrogens with zero attached hydrogens (tertiary/aromatic N) is 1. The lowest BCUT2D eigenvalue weighted by molar-refractivity contribution is -0.849. The van der Waals surface area contributed by atoms with Crippen LogP contribution in [0, 0.1) is 0 Å². The van der Waals surface area contributed by atoms with E-state index in [4.69, 9.17) is 0 Å². The molecule has 0 aliphatic carbocycles. The second-order valence-electron chi connectivity index (χ2n) is 3.64. The van der Waals surface area contributed by atoms with Crippen LogP contribution in [0.15, 0.2) is 0 Å². The van der Waals surface area contributed by atoms with E-state index in [0.717, 1.165) is 18.3 Å². The van der Waals surface area contributed by atoms with Crippen LogP contribution in [0.25, 0.3) is 0 Å². The smallest absolute Gasteiger partial charge is 0.131 e. The van der Waals surface area contributed by atoms with Crippen LogP contribution < -0.4 is 4.89 Å². The zero-order chi connectivity index (χ0) is 9.71. The highest BCUT2D eigenvalue weighted by Gasteiger charge is 1.88. The Bertz CT molecular complexity index is 129. The molecule has 0 saturated carbocycles.